The van der Waals surface area contributed by atoms with Gasteiger partial charge in [0.15, 0.2) is 11.6 Å². The minimum Gasteiger partial charge on any atom is -0.385 e. The number of anilines is 2. The highest BCUT2D eigenvalue weighted by molar-refractivity contribution is 5.38. The second-order valence-corrected chi connectivity index (χ2v) is 4.48. The van der Waals surface area contributed by atoms with Gasteiger partial charge in [0.2, 0.25) is 0 Å². The van der Waals surface area contributed by atoms with Crippen molar-refractivity contribution in [2.24, 2.45) is 0 Å². The second kappa shape index (κ2) is 6.91. The predicted molar refractivity (Wildman–Crippen MR) is 77.4 cm³/mol. The van der Waals surface area contributed by atoms with Crippen LogP contribution >= 0.6 is 0 Å². The van der Waals surface area contributed by atoms with Crippen LogP contribution in [0.2, 0.25) is 0 Å². The third kappa shape index (κ3) is 4.33. The Labute approximate surface area is 122 Å². The molecule has 0 bridgehead atoms. The third-order valence-corrected chi connectivity index (χ3v) is 2.63. The van der Waals surface area contributed by atoms with E-state index < -0.39 is 12.2 Å². The van der Waals surface area contributed by atoms with E-state index in [0.717, 1.165) is 0 Å². The van der Waals surface area contributed by atoms with Gasteiger partial charge in [0.25, 0.3) is 0 Å². The maximum absolute atomic E-state index is 9.43. The zero-order valence-corrected chi connectivity index (χ0v) is 11.9. The Balaban J connectivity index is 1.92. The minimum atomic E-state index is -0.713. The number of aliphatic hydroxyl groups is 2. The van der Waals surface area contributed by atoms with E-state index in [1.54, 1.807) is 38.4 Å². The zero-order chi connectivity index (χ0) is 15.2. The molecule has 2 rings (SSSR count). The molecule has 0 saturated heterocycles. The molecule has 0 radical (unpaired) electrons. The van der Waals surface area contributed by atoms with E-state index in [1.807, 2.05) is 0 Å². The Hall–Kier alpha value is -2.32. The van der Waals surface area contributed by atoms with Gasteiger partial charge in [0.1, 0.15) is 23.8 Å². The van der Waals surface area contributed by atoms with Crippen LogP contribution in [0.15, 0.2) is 24.5 Å². The van der Waals surface area contributed by atoms with Crippen molar-refractivity contribution < 1.29 is 10.2 Å². The zero-order valence-electron chi connectivity index (χ0n) is 11.9. The van der Waals surface area contributed by atoms with E-state index in [9.17, 15) is 10.2 Å². The predicted octanol–water partition coefficient (Wildman–Crippen LogP) is 0.855. The van der Waals surface area contributed by atoms with Crippen molar-refractivity contribution >= 4 is 11.6 Å². The van der Waals surface area contributed by atoms with E-state index in [2.05, 4.69) is 30.6 Å². The van der Waals surface area contributed by atoms with Crippen LogP contribution in [0.25, 0.3) is 0 Å². The molecule has 0 fully saturated rings. The van der Waals surface area contributed by atoms with Gasteiger partial charge in [-0.25, -0.2) is 19.9 Å². The molecule has 2 unspecified atom stereocenters. The first kappa shape index (κ1) is 15.1. The van der Waals surface area contributed by atoms with Gasteiger partial charge < -0.3 is 20.8 Å². The molecule has 112 valence electrons. The van der Waals surface area contributed by atoms with Crippen LogP contribution in [0.5, 0.6) is 0 Å². The van der Waals surface area contributed by atoms with E-state index >= 15 is 0 Å². The standard InChI is InChI=1S/C13H18N6O2/c1-8(20)12-14-5-3-10(18-12)16-7-17-11-4-6-15-13(19-11)9(2)21/h3-6,8-9,20-21H,7H2,1-2H3,(H,14,16,18)(H,15,17,19). The van der Waals surface area contributed by atoms with Crippen molar-refractivity contribution in [3.63, 3.8) is 0 Å². The van der Waals surface area contributed by atoms with Gasteiger partial charge >= 0.3 is 0 Å². The topological polar surface area (TPSA) is 116 Å². The lowest BCUT2D eigenvalue weighted by molar-refractivity contribution is 0.188. The fraction of sp³-hybridized carbons (Fsp3) is 0.385. The first-order valence-corrected chi connectivity index (χ1v) is 6.56. The Morgan fingerprint density at radius 2 is 1.33 bits per heavy atom. The molecule has 2 aromatic rings. The summed E-state index contributed by atoms with van der Waals surface area (Å²) in [4.78, 5) is 16.3. The Morgan fingerprint density at radius 1 is 0.905 bits per heavy atom. The summed E-state index contributed by atoms with van der Waals surface area (Å²) in [6.07, 6.45) is 1.73. The van der Waals surface area contributed by atoms with Crippen LogP contribution in [0.3, 0.4) is 0 Å². The highest BCUT2D eigenvalue weighted by Crippen LogP contribution is 2.10. The molecule has 4 N–H and O–H groups in total. The van der Waals surface area contributed by atoms with Crippen LogP contribution in [-0.4, -0.2) is 36.8 Å². The number of nitrogens with one attached hydrogen (secondary N) is 2. The van der Waals surface area contributed by atoms with Gasteiger partial charge in [-0.2, -0.15) is 0 Å². The third-order valence-electron chi connectivity index (χ3n) is 2.63. The summed E-state index contributed by atoms with van der Waals surface area (Å²) >= 11 is 0. The van der Waals surface area contributed by atoms with Crippen molar-refractivity contribution in [1.82, 2.24) is 19.9 Å². The second-order valence-electron chi connectivity index (χ2n) is 4.48. The van der Waals surface area contributed by atoms with Crippen molar-refractivity contribution in [1.29, 1.82) is 0 Å². The molecule has 21 heavy (non-hydrogen) atoms. The first-order valence-electron chi connectivity index (χ1n) is 6.56. The number of nitrogens with zero attached hydrogens (tertiary/aromatic N) is 4. The van der Waals surface area contributed by atoms with Crippen LogP contribution in [0, 0.1) is 0 Å². The van der Waals surface area contributed by atoms with Crippen LogP contribution in [0.4, 0.5) is 11.6 Å². The van der Waals surface area contributed by atoms with E-state index in [-0.39, 0.29) is 0 Å². The van der Waals surface area contributed by atoms with E-state index in [0.29, 0.717) is 30.0 Å². The quantitative estimate of drug-likeness (QED) is 0.579. The molecule has 0 saturated carbocycles. The summed E-state index contributed by atoms with van der Waals surface area (Å²) in [5, 5.41) is 24.9. The van der Waals surface area contributed by atoms with E-state index in [1.165, 1.54) is 0 Å². The number of aliphatic hydroxyl groups excluding tert-OH is 2. The van der Waals surface area contributed by atoms with Crippen LogP contribution < -0.4 is 10.6 Å². The lowest BCUT2D eigenvalue weighted by Crippen LogP contribution is -2.15. The Morgan fingerprint density at radius 3 is 1.71 bits per heavy atom. The van der Waals surface area contributed by atoms with Crippen molar-refractivity contribution in [3.8, 4) is 0 Å². The summed E-state index contributed by atoms with van der Waals surface area (Å²) in [5.41, 5.74) is 0. The van der Waals surface area contributed by atoms with Gasteiger partial charge in [-0.3, -0.25) is 0 Å². The number of hydrogen-bond donors (Lipinski definition) is 4. The summed E-state index contributed by atoms with van der Waals surface area (Å²) in [6.45, 7) is 3.60. The Bertz CT molecular complexity index is 539. The molecular weight excluding hydrogens is 272 g/mol. The Kier molecular flexibility index (Phi) is 4.96. The molecule has 2 atom stereocenters. The monoisotopic (exact) mass is 290 g/mol. The van der Waals surface area contributed by atoms with E-state index in [4.69, 9.17) is 0 Å². The molecule has 0 amide bonds. The molecule has 0 aromatic carbocycles. The molecular formula is C13H18N6O2. The molecule has 0 spiro atoms. The number of hydrogen-bond acceptors (Lipinski definition) is 8. The summed E-state index contributed by atoms with van der Waals surface area (Å²) < 4.78 is 0. The first-order chi connectivity index (χ1) is 10.1. The average Bonchev–Trinajstić information content (AvgIpc) is 2.48. The van der Waals surface area contributed by atoms with Crippen molar-refractivity contribution in [2.75, 3.05) is 17.3 Å². The smallest absolute Gasteiger partial charge is 0.158 e. The van der Waals surface area contributed by atoms with Gasteiger partial charge in [0.05, 0.1) is 6.67 Å². The lowest BCUT2D eigenvalue weighted by Gasteiger charge is -2.10. The summed E-state index contributed by atoms with van der Waals surface area (Å²) in [7, 11) is 0. The highest BCUT2D eigenvalue weighted by atomic mass is 16.3. The van der Waals surface area contributed by atoms with Crippen molar-refractivity contribution in [3.05, 3.63) is 36.2 Å². The van der Waals surface area contributed by atoms with Crippen LogP contribution in [-0.2, 0) is 0 Å². The molecule has 0 aliphatic rings. The summed E-state index contributed by atoms with van der Waals surface area (Å²) in [5.74, 6) is 1.91. The number of rotatable bonds is 6. The van der Waals surface area contributed by atoms with Gasteiger partial charge in [-0.05, 0) is 26.0 Å². The molecule has 2 aromatic heterocycles. The number of aromatic nitrogens is 4. The van der Waals surface area contributed by atoms with Gasteiger partial charge in [-0.1, -0.05) is 0 Å². The maximum Gasteiger partial charge on any atom is 0.158 e. The molecule has 8 nitrogen and oxygen atoms in total. The van der Waals surface area contributed by atoms with Crippen molar-refractivity contribution in [2.45, 2.75) is 26.1 Å². The normalized spacial score (nSPS) is 13.5. The highest BCUT2D eigenvalue weighted by Gasteiger charge is 2.06. The summed E-state index contributed by atoms with van der Waals surface area (Å²) in [6, 6.07) is 3.41. The largest absolute Gasteiger partial charge is 0.385 e. The average molecular weight is 290 g/mol. The molecule has 0 aliphatic carbocycles. The minimum absolute atomic E-state index is 0.360. The van der Waals surface area contributed by atoms with Gasteiger partial charge in [0, 0.05) is 12.4 Å². The fourth-order valence-electron chi connectivity index (χ4n) is 1.57. The fourth-order valence-corrected chi connectivity index (χ4v) is 1.57. The molecule has 0 aliphatic heterocycles. The molecule has 8 heteroatoms. The molecule has 2 heterocycles. The maximum atomic E-state index is 9.43. The van der Waals surface area contributed by atoms with Crippen LogP contribution in [0.1, 0.15) is 37.7 Å². The SMILES string of the molecule is CC(O)c1nccc(NCNc2ccnc(C(C)O)n2)n1. The van der Waals surface area contributed by atoms with Gasteiger partial charge in [-0.15, -0.1) is 0 Å². The lowest BCUT2D eigenvalue weighted by atomic mass is 10.4.